The summed E-state index contributed by atoms with van der Waals surface area (Å²) in [5.41, 5.74) is 3.61. The first-order valence-corrected chi connectivity index (χ1v) is 21.1. The van der Waals surface area contributed by atoms with E-state index in [1.807, 2.05) is 4.98 Å². The number of aliphatic hydroxyl groups is 5. The Balaban J connectivity index is 1.41. The molecule has 0 spiro atoms. The zero-order chi connectivity index (χ0) is 46.4. The highest BCUT2D eigenvalue weighted by molar-refractivity contribution is 5.92. The Bertz CT molecular complexity index is 2030. The smallest absolute Gasteiger partial charge is 0.338 e. The third-order valence-corrected chi connectivity index (χ3v) is 12.1. The molecule has 23 heteroatoms. The first kappa shape index (κ1) is 48.6. The number of carbonyl (C=O) groups is 4. The normalized spacial score (nSPS) is 34.0. The summed E-state index contributed by atoms with van der Waals surface area (Å²) in [5, 5.41) is 67.3. The Morgan fingerprint density at radius 2 is 1.62 bits per heavy atom. The van der Waals surface area contributed by atoms with Crippen molar-refractivity contribution in [2.24, 2.45) is 11.8 Å². The summed E-state index contributed by atoms with van der Waals surface area (Å²) in [7, 11) is 1.10. The number of carboxylic acids is 1. The lowest BCUT2D eigenvalue weighted by atomic mass is 9.81. The number of methoxy groups -OCH3 is 1. The molecule has 1 aromatic heterocycles. The monoisotopic (exact) mass is 908 g/mol. The average Bonchev–Trinajstić information content (AvgIpc) is 3.26. The van der Waals surface area contributed by atoms with Crippen molar-refractivity contribution in [2.45, 2.75) is 144 Å². The molecule has 354 valence electrons. The summed E-state index contributed by atoms with van der Waals surface area (Å²) >= 11 is 0. The molecule has 11 unspecified atom stereocenters. The highest BCUT2D eigenvalue weighted by Crippen LogP contribution is 2.38. The van der Waals surface area contributed by atoms with Crippen molar-refractivity contribution in [3.63, 3.8) is 0 Å². The van der Waals surface area contributed by atoms with Gasteiger partial charge in [-0.2, -0.15) is 0 Å². The van der Waals surface area contributed by atoms with Gasteiger partial charge in [0.15, 0.2) is 24.8 Å². The van der Waals surface area contributed by atoms with Gasteiger partial charge in [-0.1, -0.05) is 38.2 Å². The number of nitrogens with two attached hydrogens (primary N) is 1. The molecule has 2 aliphatic carbocycles. The van der Waals surface area contributed by atoms with Gasteiger partial charge in [0.25, 0.3) is 11.5 Å². The number of hydrogen-bond donors (Lipinski definition) is 10. The fourth-order valence-electron chi connectivity index (χ4n) is 8.74. The summed E-state index contributed by atoms with van der Waals surface area (Å²) in [4.78, 5) is 82.0. The predicted molar refractivity (Wildman–Crippen MR) is 215 cm³/mol. The largest absolute Gasteiger partial charge is 0.479 e. The zero-order valence-corrected chi connectivity index (χ0v) is 35.1. The number of carbonyl (C=O) groups excluding carboxylic acids is 3. The van der Waals surface area contributed by atoms with Crippen molar-refractivity contribution in [1.29, 1.82) is 0 Å². The van der Waals surface area contributed by atoms with Crippen LogP contribution in [0, 0.1) is 11.8 Å². The SMILES string of the molecule is COC(=O)C1CC(O[C@@H]2O[C@@H](CO)C(O)C(O[C@@H](CC3CCCCC3)C(=O)O)C2OC(=O)c2cccc(N)c2)C(OC2OC(C)C(O)C(O)C2O)[C@H](NC(=O)c2cc(=O)[nH]c(=O)[nH]2)C1. The molecule has 2 aromatic rings. The standard InChI is InChI=1S/C41H56N4O19/c1-17-28(48)30(50)31(51)39(59-17)64-32-22(43-35(52)23-15-27(47)45-41(57)44-23)13-20(37(55)58-2)14-24(32)61-40-34(63-38(56)19-9-6-10-21(42)12-19)33(29(49)26(16-46)62-40)60-25(36(53)54)11-18-7-4-3-5-8-18/h6,9-10,12,15,17-18,20,22,24-26,28-34,39-40,46,48-51H,3-5,7-8,11,13-14,16,42H2,1-2H3,(H,43,52)(H,53,54)(H2,44,45,47,57)/t17?,20?,22-,24?,25+,26+,28?,29?,30?,31?,32?,33?,34?,39?,40-/m1/s1. The predicted octanol–water partition coefficient (Wildman–Crippen LogP) is -1.96. The minimum atomic E-state index is -1.91. The molecule has 2 saturated heterocycles. The van der Waals surface area contributed by atoms with E-state index < -0.39 is 139 Å². The van der Waals surface area contributed by atoms with Crippen LogP contribution in [0.25, 0.3) is 0 Å². The molecule has 23 nitrogen and oxygen atoms in total. The second-order valence-electron chi connectivity index (χ2n) is 16.6. The van der Waals surface area contributed by atoms with Gasteiger partial charge >= 0.3 is 23.6 Å². The third kappa shape index (κ3) is 11.5. The summed E-state index contributed by atoms with van der Waals surface area (Å²) in [6, 6.07) is 5.07. The van der Waals surface area contributed by atoms with Crippen LogP contribution in [0.3, 0.4) is 0 Å². The molecule has 2 aliphatic heterocycles. The van der Waals surface area contributed by atoms with Crippen LogP contribution in [-0.4, -0.2) is 164 Å². The highest BCUT2D eigenvalue weighted by atomic mass is 16.7. The van der Waals surface area contributed by atoms with Gasteiger partial charge in [0.1, 0.15) is 48.4 Å². The number of rotatable bonds is 15. The molecule has 6 rings (SSSR count). The number of hydrogen-bond acceptors (Lipinski definition) is 19. The van der Waals surface area contributed by atoms with E-state index in [-0.39, 0.29) is 36.4 Å². The number of aromatic nitrogens is 2. The first-order valence-electron chi connectivity index (χ1n) is 21.1. The molecule has 1 amide bonds. The number of aromatic amines is 2. The minimum Gasteiger partial charge on any atom is -0.479 e. The number of aliphatic hydroxyl groups excluding tert-OH is 5. The number of H-pyrrole nitrogens is 2. The molecule has 4 fully saturated rings. The number of esters is 2. The van der Waals surface area contributed by atoms with Crippen LogP contribution >= 0.6 is 0 Å². The van der Waals surface area contributed by atoms with E-state index >= 15 is 0 Å². The number of aliphatic carboxylic acids is 1. The maximum atomic E-state index is 13.9. The van der Waals surface area contributed by atoms with Gasteiger partial charge in [-0.25, -0.2) is 14.4 Å². The number of benzene rings is 1. The molecule has 2 saturated carbocycles. The summed E-state index contributed by atoms with van der Waals surface area (Å²) in [6.07, 6.45) is -18.0. The molecule has 1 aromatic carbocycles. The maximum Gasteiger partial charge on any atom is 0.338 e. The molecular weight excluding hydrogens is 852 g/mol. The molecule has 0 radical (unpaired) electrons. The van der Waals surface area contributed by atoms with Gasteiger partial charge < -0.3 is 79.8 Å². The molecule has 3 heterocycles. The summed E-state index contributed by atoms with van der Waals surface area (Å²) in [6.45, 7) is 0.495. The number of anilines is 1. The molecule has 4 aliphatic rings. The van der Waals surface area contributed by atoms with Crippen LogP contribution in [0.4, 0.5) is 5.69 Å². The second kappa shape index (κ2) is 21.4. The van der Waals surface area contributed by atoms with Crippen molar-refractivity contribution in [3.8, 4) is 0 Å². The molecular formula is C41H56N4O19. The van der Waals surface area contributed by atoms with E-state index in [9.17, 15) is 59.4 Å². The summed E-state index contributed by atoms with van der Waals surface area (Å²) in [5.74, 6) is -5.44. The van der Waals surface area contributed by atoms with E-state index in [0.29, 0.717) is 0 Å². The van der Waals surface area contributed by atoms with Gasteiger partial charge in [0.05, 0.1) is 43.4 Å². The molecule has 11 N–H and O–H groups in total. The Kier molecular flexibility index (Phi) is 16.3. The summed E-state index contributed by atoms with van der Waals surface area (Å²) < 4.78 is 41.7. The van der Waals surface area contributed by atoms with E-state index in [4.69, 9.17) is 38.9 Å². The quantitative estimate of drug-likeness (QED) is 0.0685. The number of nitrogen functional groups attached to an aromatic ring is 1. The van der Waals surface area contributed by atoms with Crippen LogP contribution in [0.1, 0.15) is 79.1 Å². The minimum absolute atomic E-state index is 0.0343. The van der Waals surface area contributed by atoms with Gasteiger partial charge in [-0.3, -0.25) is 19.4 Å². The van der Waals surface area contributed by atoms with Crippen molar-refractivity contribution >= 4 is 29.5 Å². The van der Waals surface area contributed by atoms with Crippen LogP contribution in [-0.2, 0) is 42.7 Å². The number of nitrogens with one attached hydrogen (secondary N) is 3. The number of carboxylic acid groups (broad SMARTS) is 1. The van der Waals surface area contributed by atoms with E-state index in [0.717, 1.165) is 45.3 Å². The fraction of sp³-hybridized carbons (Fsp3) is 0.659. The van der Waals surface area contributed by atoms with E-state index in [2.05, 4.69) is 10.3 Å². The van der Waals surface area contributed by atoms with Gasteiger partial charge in [-0.05, 0) is 50.3 Å². The number of ether oxygens (including phenoxy) is 7. The molecule has 15 atom stereocenters. The van der Waals surface area contributed by atoms with Gasteiger partial charge in [-0.15, -0.1) is 0 Å². The van der Waals surface area contributed by atoms with E-state index in [1.165, 1.54) is 31.2 Å². The van der Waals surface area contributed by atoms with Gasteiger partial charge in [0.2, 0.25) is 0 Å². The van der Waals surface area contributed by atoms with Gasteiger partial charge in [0, 0.05) is 11.8 Å². The lowest BCUT2D eigenvalue weighted by Crippen LogP contribution is -2.65. The van der Waals surface area contributed by atoms with Crippen molar-refractivity contribution < 1.29 is 83.0 Å². The van der Waals surface area contributed by atoms with Crippen LogP contribution in [0.15, 0.2) is 39.9 Å². The maximum absolute atomic E-state index is 13.9. The van der Waals surface area contributed by atoms with Crippen LogP contribution < -0.4 is 22.3 Å². The first-order chi connectivity index (χ1) is 30.5. The highest BCUT2D eigenvalue weighted by Gasteiger charge is 2.54. The zero-order valence-electron chi connectivity index (χ0n) is 35.1. The molecule has 0 bridgehead atoms. The van der Waals surface area contributed by atoms with Crippen LogP contribution in [0.5, 0.6) is 0 Å². The Labute approximate surface area is 365 Å². The van der Waals surface area contributed by atoms with E-state index in [1.54, 1.807) is 0 Å². The molecule has 64 heavy (non-hydrogen) atoms. The van der Waals surface area contributed by atoms with Crippen molar-refractivity contribution in [2.75, 3.05) is 19.5 Å². The second-order valence-corrected chi connectivity index (χ2v) is 16.6. The Morgan fingerprint density at radius 1 is 0.891 bits per heavy atom. The van der Waals surface area contributed by atoms with Crippen molar-refractivity contribution in [3.05, 3.63) is 62.4 Å². The lowest BCUT2D eigenvalue weighted by molar-refractivity contribution is -0.347. The Hall–Kier alpha value is -4.82. The fourth-order valence-corrected chi connectivity index (χ4v) is 8.74. The van der Waals surface area contributed by atoms with Crippen LogP contribution in [0.2, 0.25) is 0 Å². The van der Waals surface area contributed by atoms with Crippen molar-refractivity contribution in [1.82, 2.24) is 15.3 Å². The average molecular weight is 909 g/mol. The number of amides is 1. The third-order valence-electron chi connectivity index (χ3n) is 12.1. The topological polar surface area (TPSA) is 358 Å². The Morgan fingerprint density at radius 3 is 2.28 bits per heavy atom. The lowest BCUT2D eigenvalue weighted by Gasteiger charge is -2.48.